The van der Waals surface area contributed by atoms with Gasteiger partial charge in [-0.05, 0) is 71.2 Å². The molecule has 1 atom stereocenters. The lowest BCUT2D eigenvalue weighted by molar-refractivity contribution is 0.497. The highest BCUT2D eigenvalue weighted by Gasteiger charge is 2.17. The first kappa shape index (κ1) is 14.9. The SMILES string of the molecule is Cc1cc(CNC2CCCNc3ccccc32)ccc1I. The molecule has 0 spiro atoms. The summed E-state index contributed by atoms with van der Waals surface area (Å²) in [5, 5.41) is 7.27. The monoisotopic (exact) mass is 392 g/mol. The van der Waals surface area contributed by atoms with Gasteiger partial charge in [0.15, 0.2) is 0 Å². The summed E-state index contributed by atoms with van der Waals surface area (Å²) in [6.07, 6.45) is 2.39. The summed E-state index contributed by atoms with van der Waals surface area (Å²) in [4.78, 5) is 0. The van der Waals surface area contributed by atoms with E-state index in [1.165, 1.54) is 38.8 Å². The molecule has 1 unspecified atom stereocenters. The summed E-state index contributed by atoms with van der Waals surface area (Å²) < 4.78 is 1.33. The van der Waals surface area contributed by atoms with E-state index in [2.05, 4.69) is 82.6 Å². The molecule has 0 saturated carbocycles. The Morgan fingerprint density at radius 3 is 2.95 bits per heavy atom. The van der Waals surface area contributed by atoms with Crippen LogP contribution < -0.4 is 10.6 Å². The normalized spacial score (nSPS) is 17.7. The number of aryl methyl sites for hydroxylation is 1. The van der Waals surface area contributed by atoms with Crippen LogP contribution in [0.2, 0.25) is 0 Å². The topological polar surface area (TPSA) is 24.1 Å². The Morgan fingerprint density at radius 1 is 1.24 bits per heavy atom. The molecule has 2 N–H and O–H groups in total. The first-order chi connectivity index (χ1) is 10.2. The van der Waals surface area contributed by atoms with E-state index in [0.717, 1.165) is 13.1 Å². The molecular weight excluding hydrogens is 371 g/mol. The Morgan fingerprint density at radius 2 is 2.10 bits per heavy atom. The number of nitrogens with one attached hydrogen (secondary N) is 2. The average Bonchev–Trinajstić information content (AvgIpc) is 2.71. The van der Waals surface area contributed by atoms with Crippen LogP contribution in [0.4, 0.5) is 5.69 Å². The van der Waals surface area contributed by atoms with Crippen molar-refractivity contribution < 1.29 is 0 Å². The number of rotatable bonds is 3. The van der Waals surface area contributed by atoms with Crippen molar-refractivity contribution in [2.45, 2.75) is 32.4 Å². The van der Waals surface area contributed by atoms with Crippen LogP contribution >= 0.6 is 22.6 Å². The highest BCUT2D eigenvalue weighted by atomic mass is 127. The minimum absolute atomic E-state index is 0.441. The summed E-state index contributed by atoms with van der Waals surface area (Å²) in [7, 11) is 0. The third-order valence-electron chi connectivity index (χ3n) is 4.10. The molecule has 2 nitrogen and oxygen atoms in total. The van der Waals surface area contributed by atoms with Crippen LogP contribution in [0.25, 0.3) is 0 Å². The fourth-order valence-corrected chi connectivity index (χ4v) is 3.25. The quantitative estimate of drug-likeness (QED) is 0.744. The van der Waals surface area contributed by atoms with Crippen LogP contribution in [0.5, 0.6) is 0 Å². The van der Waals surface area contributed by atoms with E-state index in [9.17, 15) is 0 Å². The number of benzene rings is 2. The van der Waals surface area contributed by atoms with Crippen molar-refractivity contribution in [3.63, 3.8) is 0 Å². The van der Waals surface area contributed by atoms with Gasteiger partial charge in [-0.3, -0.25) is 0 Å². The third-order valence-corrected chi connectivity index (χ3v) is 5.31. The van der Waals surface area contributed by atoms with Gasteiger partial charge in [-0.2, -0.15) is 0 Å². The number of fused-ring (bicyclic) bond motifs is 1. The van der Waals surface area contributed by atoms with E-state index in [1.807, 2.05) is 0 Å². The summed E-state index contributed by atoms with van der Waals surface area (Å²) in [5.74, 6) is 0. The van der Waals surface area contributed by atoms with Gasteiger partial charge in [-0.15, -0.1) is 0 Å². The predicted octanol–water partition coefficient (Wildman–Crippen LogP) is 4.64. The van der Waals surface area contributed by atoms with Gasteiger partial charge in [0.1, 0.15) is 0 Å². The Bertz CT molecular complexity index is 624. The molecule has 0 bridgehead atoms. The van der Waals surface area contributed by atoms with Crippen molar-refractivity contribution in [3.05, 3.63) is 62.7 Å². The average molecular weight is 392 g/mol. The Kier molecular flexibility index (Phi) is 4.80. The molecular formula is C18H21IN2. The second-order valence-corrected chi connectivity index (χ2v) is 6.84. The van der Waals surface area contributed by atoms with Gasteiger partial charge in [0.25, 0.3) is 0 Å². The van der Waals surface area contributed by atoms with Crippen LogP contribution in [0.1, 0.15) is 35.6 Å². The van der Waals surface area contributed by atoms with Gasteiger partial charge in [0.05, 0.1) is 0 Å². The van der Waals surface area contributed by atoms with Gasteiger partial charge in [-0.25, -0.2) is 0 Å². The van der Waals surface area contributed by atoms with Crippen molar-refractivity contribution in [2.75, 3.05) is 11.9 Å². The van der Waals surface area contributed by atoms with Gasteiger partial charge in [-0.1, -0.05) is 30.3 Å². The Balaban J connectivity index is 1.74. The molecule has 0 aliphatic carbocycles. The summed E-state index contributed by atoms with van der Waals surface area (Å²) >= 11 is 2.39. The van der Waals surface area contributed by atoms with Crippen molar-refractivity contribution in [3.8, 4) is 0 Å². The molecule has 1 aliphatic heterocycles. The third kappa shape index (κ3) is 3.58. The number of anilines is 1. The second-order valence-electron chi connectivity index (χ2n) is 5.67. The summed E-state index contributed by atoms with van der Waals surface area (Å²) in [5.41, 5.74) is 5.41. The van der Waals surface area contributed by atoms with E-state index in [-0.39, 0.29) is 0 Å². The van der Waals surface area contributed by atoms with Crippen molar-refractivity contribution in [1.82, 2.24) is 5.32 Å². The number of hydrogen-bond donors (Lipinski definition) is 2. The molecule has 0 amide bonds. The minimum atomic E-state index is 0.441. The van der Waals surface area contributed by atoms with E-state index in [1.54, 1.807) is 0 Å². The van der Waals surface area contributed by atoms with E-state index in [4.69, 9.17) is 0 Å². The molecule has 3 rings (SSSR count). The molecule has 1 aliphatic rings. The lowest BCUT2D eigenvalue weighted by Gasteiger charge is -2.19. The number of para-hydroxylation sites is 1. The zero-order valence-corrected chi connectivity index (χ0v) is 14.5. The van der Waals surface area contributed by atoms with Gasteiger partial charge in [0, 0.05) is 28.4 Å². The van der Waals surface area contributed by atoms with E-state index < -0.39 is 0 Å². The molecule has 0 fully saturated rings. The van der Waals surface area contributed by atoms with Crippen LogP contribution in [-0.2, 0) is 6.54 Å². The van der Waals surface area contributed by atoms with Crippen LogP contribution in [0.3, 0.4) is 0 Å². The van der Waals surface area contributed by atoms with Gasteiger partial charge < -0.3 is 10.6 Å². The molecule has 21 heavy (non-hydrogen) atoms. The molecule has 1 heterocycles. The van der Waals surface area contributed by atoms with Crippen molar-refractivity contribution in [1.29, 1.82) is 0 Å². The highest BCUT2D eigenvalue weighted by Crippen LogP contribution is 2.29. The van der Waals surface area contributed by atoms with Crippen LogP contribution in [0, 0.1) is 10.5 Å². The molecule has 0 radical (unpaired) electrons. The Labute approximate surface area is 140 Å². The largest absolute Gasteiger partial charge is 0.385 e. The molecule has 3 heteroatoms. The first-order valence-electron chi connectivity index (χ1n) is 7.55. The maximum Gasteiger partial charge on any atom is 0.0388 e. The fourth-order valence-electron chi connectivity index (χ4n) is 2.92. The zero-order valence-electron chi connectivity index (χ0n) is 12.3. The minimum Gasteiger partial charge on any atom is -0.385 e. The predicted molar refractivity (Wildman–Crippen MR) is 97.6 cm³/mol. The lowest BCUT2D eigenvalue weighted by atomic mass is 10.0. The maximum absolute atomic E-state index is 3.74. The molecule has 0 aromatic heterocycles. The van der Waals surface area contributed by atoms with Crippen LogP contribution in [0.15, 0.2) is 42.5 Å². The molecule has 110 valence electrons. The van der Waals surface area contributed by atoms with Crippen molar-refractivity contribution >= 4 is 28.3 Å². The zero-order chi connectivity index (χ0) is 14.7. The fraction of sp³-hybridized carbons (Fsp3) is 0.333. The van der Waals surface area contributed by atoms with E-state index >= 15 is 0 Å². The van der Waals surface area contributed by atoms with E-state index in [0.29, 0.717) is 6.04 Å². The first-order valence-corrected chi connectivity index (χ1v) is 8.63. The van der Waals surface area contributed by atoms with Gasteiger partial charge in [0.2, 0.25) is 0 Å². The Hall–Kier alpha value is -1.07. The maximum atomic E-state index is 3.74. The molecule has 2 aromatic carbocycles. The van der Waals surface area contributed by atoms with Crippen LogP contribution in [-0.4, -0.2) is 6.54 Å². The highest BCUT2D eigenvalue weighted by molar-refractivity contribution is 14.1. The molecule has 2 aromatic rings. The lowest BCUT2D eigenvalue weighted by Crippen LogP contribution is -2.20. The molecule has 0 saturated heterocycles. The summed E-state index contributed by atoms with van der Waals surface area (Å²) in [6.45, 7) is 4.17. The van der Waals surface area contributed by atoms with Gasteiger partial charge >= 0.3 is 0 Å². The number of halogens is 1. The smallest absolute Gasteiger partial charge is 0.0388 e. The summed E-state index contributed by atoms with van der Waals surface area (Å²) in [6, 6.07) is 15.8. The number of hydrogen-bond acceptors (Lipinski definition) is 2. The standard InChI is InChI=1S/C18H21IN2/c1-13-11-14(8-9-16(13)19)12-21-18-7-4-10-20-17-6-3-2-5-15(17)18/h2-3,5-6,8-9,11,18,20-21H,4,7,10,12H2,1H3. The second kappa shape index (κ2) is 6.79. The van der Waals surface area contributed by atoms with Crippen molar-refractivity contribution in [2.24, 2.45) is 0 Å².